The molecule has 0 spiro atoms. The first-order valence-corrected chi connectivity index (χ1v) is 8.84. The maximum atomic E-state index is 12.2. The van der Waals surface area contributed by atoms with Crippen molar-refractivity contribution in [2.24, 2.45) is 0 Å². The van der Waals surface area contributed by atoms with Gasteiger partial charge in [0.2, 0.25) is 0 Å². The minimum Gasteiger partial charge on any atom is -0.338 e. The van der Waals surface area contributed by atoms with Crippen LogP contribution in [0.4, 0.5) is 4.79 Å². The Labute approximate surface area is 147 Å². The van der Waals surface area contributed by atoms with Crippen molar-refractivity contribution in [3.05, 3.63) is 71.7 Å². The average molecular weight is 334 g/mol. The quantitative estimate of drug-likeness (QED) is 0.769. The summed E-state index contributed by atoms with van der Waals surface area (Å²) in [5.74, 6) is 0. The zero-order valence-corrected chi connectivity index (χ0v) is 14.1. The van der Waals surface area contributed by atoms with Gasteiger partial charge in [0.1, 0.15) is 5.65 Å². The zero-order chi connectivity index (χ0) is 17.1. The van der Waals surface area contributed by atoms with Crippen molar-refractivity contribution >= 4 is 11.7 Å². The van der Waals surface area contributed by atoms with Gasteiger partial charge in [0.25, 0.3) is 0 Å². The van der Waals surface area contributed by atoms with Gasteiger partial charge in [0.15, 0.2) is 0 Å². The van der Waals surface area contributed by atoms with E-state index in [0.29, 0.717) is 6.54 Å². The summed E-state index contributed by atoms with van der Waals surface area (Å²) in [7, 11) is 0. The monoisotopic (exact) mass is 334 g/mol. The number of imidazole rings is 1. The van der Waals surface area contributed by atoms with E-state index in [9.17, 15) is 4.79 Å². The number of amides is 2. The number of aryl methyl sites for hydroxylation is 1. The van der Waals surface area contributed by atoms with Crippen molar-refractivity contribution in [2.75, 3.05) is 6.54 Å². The van der Waals surface area contributed by atoms with Crippen LogP contribution in [0.2, 0.25) is 0 Å². The Bertz CT molecular complexity index is 853. The minimum absolute atomic E-state index is 0.106. The molecule has 0 unspecified atom stereocenters. The normalized spacial score (nSPS) is 16.4. The number of benzene rings is 1. The third-order valence-electron chi connectivity index (χ3n) is 4.76. The fourth-order valence-electron chi connectivity index (χ4n) is 3.52. The first kappa shape index (κ1) is 15.7. The maximum Gasteiger partial charge on any atom is 0.315 e. The van der Waals surface area contributed by atoms with Crippen molar-refractivity contribution in [1.29, 1.82) is 0 Å². The van der Waals surface area contributed by atoms with Crippen LogP contribution in [0, 0.1) is 0 Å². The van der Waals surface area contributed by atoms with Crippen molar-refractivity contribution in [1.82, 2.24) is 20.0 Å². The maximum absolute atomic E-state index is 12.2. The fraction of sp³-hybridized carbons (Fsp3) is 0.300. The number of pyridine rings is 1. The molecule has 0 bridgehead atoms. The summed E-state index contributed by atoms with van der Waals surface area (Å²) in [4.78, 5) is 16.8. The van der Waals surface area contributed by atoms with E-state index < -0.39 is 0 Å². The highest BCUT2D eigenvalue weighted by atomic mass is 16.2. The lowest BCUT2D eigenvalue weighted by Crippen LogP contribution is -2.39. The molecule has 3 aromatic rings. The van der Waals surface area contributed by atoms with Gasteiger partial charge in [0, 0.05) is 25.4 Å². The molecule has 0 saturated heterocycles. The van der Waals surface area contributed by atoms with Crippen LogP contribution in [0.5, 0.6) is 0 Å². The minimum atomic E-state index is -0.106. The summed E-state index contributed by atoms with van der Waals surface area (Å²) >= 11 is 0. The number of carbonyl (C=O) groups is 1. The van der Waals surface area contributed by atoms with Crippen molar-refractivity contribution in [3.8, 4) is 0 Å². The smallest absolute Gasteiger partial charge is 0.315 e. The number of carbonyl (C=O) groups excluding carboxylic acids is 1. The standard InChI is InChI=1S/C20H22N4O/c25-20(23-18-9-5-7-15-6-1-2-8-17(15)18)21-12-11-16-14-24-13-4-3-10-19(24)22-16/h1-4,6,8,10,13-14,18H,5,7,9,11-12H2,(H2,21,23,25)/t18-/m0/s1. The van der Waals surface area contributed by atoms with Gasteiger partial charge >= 0.3 is 6.03 Å². The van der Waals surface area contributed by atoms with E-state index in [1.165, 1.54) is 11.1 Å². The molecule has 2 N–H and O–H groups in total. The second kappa shape index (κ2) is 6.97. The molecule has 2 aromatic heterocycles. The van der Waals surface area contributed by atoms with Crippen LogP contribution in [0.15, 0.2) is 54.9 Å². The Morgan fingerprint density at radius 3 is 3.00 bits per heavy atom. The topological polar surface area (TPSA) is 58.4 Å². The number of hydrogen-bond acceptors (Lipinski definition) is 2. The number of nitrogens with one attached hydrogen (secondary N) is 2. The fourth-order valence-corrected chi connectivity index (χ4v) is 3.52. The van der Waals surface area contributed by atoms with E-state index in [2.05, 4.69) is 33.8 Å². The van der Waals surface area contributed by atoms with E-state index in [1.54, 1.807) is 0 Å². The molecule has 1 atom stereocenters. The van der Waals surface area contributed by atoms with Crippen LogP contribution in [0.3, 0.4) is 0 Å². The van der Waals surface area contributed by atoms with E-state index in [1.807, 2.05) is 41.1 Å². The lowest BCUT2D eigenvalue weighted by atomic mass is 9.88. The van der Waals surface area contributed by atoms with E-state index in [-0.39, 0.29) is 12.1 Å². The Balaban J connectivity index is 1.31. The highest BCUT2D eigenvalue weighted by Crippen LogP contribution is 2.29. The largest absolute Gasteiger partial charge is 0.338 e. The molecule has 4 rings (SSSR count). The Morgan fingerprint density at radius 2 is 2.08 bits per heavy atom. The van der Waals surface area contributed by atoms with E-state index in [4.69, 9.17) is 0 Å². The van der Waals surface area contributed by atoms with Gasteiger partial charge in [0.05, 0.1) is 11.7 Å². The predicted octanol–water partition coefficient (Wildman–Crippen LogP) is 3.25. The molecule has 0 aliphatic heterocycles. The van der Waals surface area contributed by atoms with Gasteiger partial charge < -0.3 is 15.0 Å². The molecule has 0 fully saturated rings. The van der Waals surface area contributed by atoms with Gasteiger partial charge in [-0.05, 0) is 42.5 Å². The van der Waals surface area contributed by atoms with Gasteiger partial charge in [-0.1, -0.05) is 30.3 Å². The molecule has 0 saturated carbocycles. The SMILES string of the molecule is O=C(NCCc1cn2ccccc2n1)N[C@H]1CCCc2ccccc21. The van der Waals surface area contributed by atoms with Crippen LogP contribution in [0.1, 0.15) is 35.7 Å². The molecule has 1 aromatic carbocycles. The number of fused-ring (bicyclic) bond motifs is 2. The van der Waals surface area contributed by atoms with Gasteiger partial charge in [-0.3, -0.25) is 0 Å². The van der Waals surface area contributed by atoms with E-state index in [0.717, 1.165) is 37.0 Å². The van der Waals surface area contributed by atoms with Gasteiger partial charge in [-0.15, -0.1) is 0 Å². The summed E-state index contributed by atoms with van der Waals surface area (Å²) in [5.41, 5.74) is 4.52. The molecule has 5 heteroatoms. The van der Waals surface area contributed by atoms with Gasteiger partial charge in [-0.25, -0.2) is 9.78 Å². The second-order valence-corrected chi connectivity index (χ2v) is 6.49. The highest BCUT2D eigenvalue weighted by molar-refractivity contribution is 5.74. The van der Waals surface area contributed by atoms with Crippen LogP contribution >= 0.6 is 0 Å². The van der Waals surface area contributed by atoms with E-state index >= 15 is 0 Å². The molecule has 25 heavy (non-hydrogen) atoms. The van der Waals surface area contributed by atoms with Crippen molar-refractivity contribution in [3.63, 3.8) is 0 Å². The van der Waals surface area contributed by atoms with Crippen LogP contribution in [-0.2, 0) is 12.8 Å². The molecule has 2 heterocycles. The molecule has 0 radical (unpaired) electrons. The summed E-state index contributed by atoms with van der Waals surface area (Å²) < 4.78 is 1.99. The number of hydrogen-bond donors (Lipinski definition) is 2. The molecule has 1 aliphatic carbocycles. The summed E-state index contributed by atoms with van der Waals surface area (Å²) in [6.07, 6.45) is 7.92. The molecule has 5 nitrogen and oxygen atoms in total. The Hall–Kier alpha value is -2.82. The lowest BCUT2D eigenvalue weighted by Gasteiger charge is -2.26. The number of nitrogens with zero attached hydrogens (tertiary/aromatic N) is 2. The molecule has 1 aliphatic rings. The van der Waals surface area contributed by atoms with Crippen molar-refractivity contribution in [2.45, 2.75) is 31.7 Å². The van der Waals surface area contributed by atoms with Crippen molar-refractivity contribution < 1.29 is 4.79 Å². The average Bonchev–Trinajstić information content (AvgIpc) is 3.05. The first-order valence-electron chi connectivity index (χ1n) is 8.84. The van der Waals surface area contributed by atoms with Gasteiger partial charge in [-0.2, -0.15) is 0 Å². The summed E-state index contributed by atoms with van der Waals surface area (Å²) in [5, 5.41) is 6.07. The number of rotatable bonds is 4. The Kier molecular flexibility index (Phi) is 4.37. The first-order chi connectivity index (χ1) is 12.3. The van der Waals surface area contributed by atoms with Crippen LogP contribution in [-0.4, -0.2) is 22.0 Å². The highest BCUT2D eigenvalue weighted by Gasteiger charge is 2.21. The third-order valence-corrected chi connectivity index (χ3v) is 4.76. The Morgan fingerprint density at radius 1 is 1.20 bits per heavy atom. The summed E-state index contributed by atoms with van der Waals surface area (Å²) in [6, 6.07) is 14.3. The van der Waals surface area contributed by atoms with Crippen LogP contribution < -0.4 is 10.6 Å². The van der Waals surface area contributed by atoms with Crippen LogP contribution in [0.25, 0.3) is 5.65 Å². The molecular weight excluding hydrogens is 312 g/mol. The zero-order valence-electron chi connectivity index (χ0n) is 14.1. The number of urea groups is 1. The predicted molar refractivity (Wildman–Crippen MR) is 97.6 cm³/mol. The molecular formula is C20H22N4O. The molecule has 128 valence electrons. The molecule has 2 amide bonds. The second-order valence-electron chi connectivity index (χ2n) is 6.49. The third kappa shape index (κ3) is 3.50. The number of aromatic nitrogens is 2. The summed E-state index contributed by atoms with van der Waals surface area (Å²) in [6.45, 7) is 0.573. The lowest BCUT2D eigenvalue weighted by molar-refractivity contribution is 0.235.